The molecule has 1 atom stereocenters. The fourth-order valence-electron chi connectivity index (χ4n) is 6.40. The molecule has 238 valence electrons. The summed E-state index contributed by atoms with van der Waals surface area (Å²) in [6.07, 6.45) is -1.89. The van der Waals surface area contributed by atoms with E-state index in [-0.39, 0.29) is 35.8 Å². The largest absolute Gasteiger partial charge is 0.416 e. The number of piperidine rings is 1. The van der Waals surface area contributed by atoms with Crippen LogP contribution in [0.2, 0.25) is 5.02 Å². The molecule has 0 aromatic heterocycles. The second kappa shape index (κ2) is 12.3. The Bertz CT molecular complexity index is 1820. The number of allylic oxidation sites excluding steroid dienone is 1. The van der Waals surface area contributed by atoms with Crippen LogP contribution in [0.1, 0.15) is 41.5 Å². The predicted octanol–water partition coefficient (Wildman–Crippen LogP) is 5.78. The minimum Gasteiger partial charge on any atom is -0.401 e. The summed E-state index contributed by atoms with van der Waals surface area (Å²) >= 11 is 6.70. The Morgan fingerprint density at radius 2 is 1.82 bits per heavy atom. The summed E-state index contributed by atoms with van der Waals surface area (Å²) in [5, 5.41) is 2.93. The number of hydrogen-bond donors (Lipinski definition) is 2. The number of likely N-dealkylation sites (tertiary alicyclic amines) is 1. The van der Waals surface area contributed by atoms with Crippen LogP contribution < -0.4 is 11.1 Å². The van der Waals surface area contributed by atoms with Crippen molar-refractivity contribution in [2.24, 2.45) is 11.1 Å². The second-order valence-corrected chi connectivity index (χ2v) is 14.3. The number of sulfone groups is 1. The van der Waals surface area contributed by atoms with E-state index in [1.807, 2.05) is 17.9 Å². The first-order chi connectivity index (χ1) is 21.1. The van der Waals surface area contributed by atoms with E-state index in [4.69, 9.17) is 17.3 Å². The molecule has 3 aromatic carbocycles. The van der Waals surface area contributed by atoms with Crippen LogP contribution >= 0.6 is 11.6 Å². The van der Waals surface area contributed by atoms with Crippen LogP contribution in [0.3, 0.4) is 0 Å². The van der Waals surface area contributed by atoms with Crippen LogP contribution in [0.25, 0.3) is 16.7 Å². The van der Waals surface area contributed by atoms with E-state index in [2.05, 4.69) is 5.32 Å². The van der Waals surface area contributed by atoms with Crippen molar-refractivity contribution < 1.29 is 31.2 Å². The van der Waals surface area contributed by atoms with Crippen LogP contribution in [-0.4, -0.2) is 50.9 Å². The van der Waals surface area contributed by atoms with E-state index in [1.54, 1.807) is 24.3 Å². The molecule has 7 nitrogen and oxygen atoms in total. The van der Waals surface area contributed by atoms with E-state index in [1.165, 1.54) is 24.3 Å². The fourth-order valence-corrected chi connectivity index (χ4v) is 7.34. The number of Topliss-reactive ketones (excluding diaryl/α,β-unsaturated/α-hetero) is 1. The summed E-state index contributed by atoms with van der Waals surface area (Å²) in [7, 11) is -3.43. The number of carbonyl (C=O) groups excluding carboxylic acids is 2. The van der Waals surface area contributed by atoms with Gasteiger partial charge in [-0.25, -0.2) is 8.42 Å². The molecule has 0 radical (unpaired) electrons. The quantitative estimate of drug-likeness (QED) is 0.333. The minimum absolute atomic E-state index is 0.0187. The maximum absolute atomic E-state index is 13.5. The zero-order chi connectivity index (χ0) is 32.7. The van der Waals surface area contributed by atoms with Gasteiger partial charge < -0.3 is 11.1 Å². The van der Waals surface area contributed by atoms with Crippen molar-refractivity contribution in [3.8, 4) is 11.1 Å². The van der Waals surface area contributed by atoms with Gasteiger partial charge in [0.25, 0.3) is 0 Å². The Balaban J connectivity index is 1.35. The highest BCUT2D eigenvalue weighted by Crippen LogP contribution is 2.49. The SMILES string of the molecule is Cc1cc(-c2cccc(S(C)(=O)=O)c2)c(Cl)cc1C1=C(N)C2(CCCN(CC(=O)NCc3ccccc3C(F)(F)F)C2)CC1=O. The highest BCUT2D eigenvalue weighted by Gasteiger charge is 2.47. The van der Waals surface area contributed by atoms with Crippen molar-refractivity contribution in [2.45, 2.75) is 43.8 Å². The Hall–Kier alpha value is -3.67. The molecule has 1 aliphatic carbocycles. The molecule has 3 aromatic rings. The summed E-state index contributed by atoms with van der Waals surface area (Å²) < 4.78 is 64.2. The number of benzene rings is 3. The number of carbonyl (C=O) groups is 2. The van der Waals surface area contributed by atoms with Crippen molar-refractivity contribution in [1.82, 2.24) is 10.2 Å². The number of nitrogens with zero attached hydrogens (tertiary/aromatic N) is 1. The highest BCUT2D eigenvalue weighted by molar-refractivity contribution is 7.90. The molecule has 2 aliphatic rings. The van der Waals surface area contributed by atoms with Gasteiger partial charge in [0.05, 0.1) is 17.0 Å². The molecule has 1 saturated heterocycles. The first-order valence-corrected chi connectivity index (χ1v) is 16.6. The number of halogens is 4. The maximum Gasteiger partial charge on any atom is 0.416 e. The van der Waals surface area contributed by atoms with Gasteiger partial charge in [-0.05, 0) is 78.9 Å². The summed E-state index contributed by atoms with van der Waals surface area (Å²) in [5.41, 5.74) is 8.66. The number of ketones is 1. The third-order valence-electron chi connectivity index (χ3n) is 8.60. The number of rotatable bonds is 7. The lowest BCUT2D eigenvalue weighted by atomic mass is 9.77. The van der Waals surface area contributed by atoms with Gasteiger partial charge in [-0.3, -0.25) is 14.5 Å². The van der Waals surface area contributed by atoms with Gasteiger partial charge in [0.1, 0.15) is 0 Å². The van der Waals surface area contributed by atoms with E-state index in [0.29, 0.717) is 58.9 Å². The molecule has 0 bridgehead atoms. The van der Waals surface area contributed by atoms with E-state index in [0.717, 1.165) is 17.9 Å². The number of hydrogen-bond acceptors (Lipinski definition) is 6. The van der Waals surface area contributed by atoms with Gasteiger partial charge in [0.15, 0.2) is 15.6 Å². The van der Waals surface area contributed by atoms with Crippen LogP contribution in [0, 0.1) is 12.3 Å². The maximum atomic E-state index is 13.5. The number of nitrogens with one attached hydrogen (secondary N) is 1. The normalized spacial score (nSPS) is 19.4. The van der Waals surface area contributed by atoms with Gasteiger partial charge in [-0.15, -0.1) is 0 Å². The van der Waals surface area contributed by atoms with Crippen LogP contribution in [0.4, 0.5) is 13.2 Å². The molecular weight excluding hydrogens is 627 g/mol. The van der Waals surface area contributed by atoms with Crippen molar-refractivity contribution >= 4 is 38.7 Å². The van der Waals surface area contributed by atoms with Crippen molar-refractivity contribution in [3.05, 3.63) is 93.6 Å². The van der Waals surface area contributed by atoms with Crippen LogP contribution in [0.15, 0.2) is 71.3 Å². The predicted molar refractivity (Wildman–Crippen MR) is 167 cm³/mol. The molecule has 1 spiro atoms. The molecule has 0 saturated carbocycles. The monoisotopic (exact) mass is 659 g/mol. The lowest BCUT2D eigenvalue weighted by Gasteiger charge is -2.40. The number of alkyl halides is 3. The molecule has 5 rings (SSSR count). The summed E-state index contributed by atoms with van der Waals surface area (Å²) in [6, 6.07) is 15.1. The summed E-state index contributed by atoms with van der Waals surface area (Å²) in [5.74, 6) is -0.553. The highest BCUT2D eigenvalue weighted by atomic mass is 35.5. The lowest BCUT2D eigenvalue weighted by Crippen LogP contribution is -2.48. The van der Waals surface area contributed by atoms with Crippen LogP contribution in [-0.2, 0) is 32.1 Å². The molecule has 1 fully saturated rings. The molecule has 45 heavy (non-hydrogen) atoms. The molecule has 1 heterocycles. The molecular formula is C33H33ClF3N3O4S. The lowest BCUT2D eigenvalue weighted by molar-refractivity contribution is -0.138. The third-order valence-corrected chi connectivity index (χ3v) is 10.0. The second-order valence-electron chi connectivity index (χ2n) is 11.9. The topological polar surface area (TPSA) is 110 Å². The van der Waals surface area contributed by atoms with E-state index < -0.39 is 32.9 Å². The average Bonchev–Trinajstić information content (AvgIpc) is 3.19. The van der Waals surface area contributed by atoms with Gasteiger partial charge in [0.2, 0.25) is 5.91 Å². The van der Waals surface area contributed by atoms with Gasteiger partial charge in [0, 0.05) is 53.0 Å². The van der Waals surface area contributed by atoms with Gasteiger partial charge >= 0.3 is 6.18 Å². The smallest absolute Gasteiger partial charge is 0.401 e. The average molecular weight is 660 g/mol. The van der Waals surface area contributed by atoms with Crippen molar-refractivity contribution in [2.75, 3.05) is 25.9 Å². The van der Waals surface area contributed by atoms with E-state index in [9.17, 15) is 31.2 Å². The van der Waals surface area contributed by atoms with Crippen molar-refractivity contribution in [3.63, 3.8) is 0 Å². The zero-order valence-electron chi connectivity index (χ0n) is 24.8. The first-order valence-electron chi connectivity index (χ1n) is 14.4. The first kappa shape index (κ1) is 32.7. The zero-order valence-corrected chi connectivity index (χ0v) is 26.4. The van der Waals surface area contributed by atoms with Gasteiger partial charge in [-0.1, -0.05) is 41.9 Å². The van der Waals surface area contributed by atoms with Gasteiger partial charge in [-0.2, -0.15) is 13.2 Å². The Morgan fingerprint density at radius 1 is 1.09 bits per heavy atom. The summed E-state index contributed by atoms with van der Waals surface area (Å²) in [6.45, 7) is 2.47. The van der Waals surface area contributed by atoms with Crippen LogP contribution in [0.5, 0.6) is 0 Å². The number of amides is 1. The minimum atomic E-state index is -4.52. The molecule has 1 unspecified atom stereocenters. The summed E-state index contributed by atoms with van der Waals surface area (Å²) in [4.78, 5) is 28.3. The molecule has 12 heteroatoms. The molecule has 1 aliphatic heterocycles. The molecule has 1 amide bonds. The fraction of sp³-hybridized carbons (Fsp3) is 0.333. The third kappa shape index (κ3) is 6.80. The number of aryl methyl sites for hydroxylation is 1. The Kier molecular flexibility index (Phi) is 8.91. The molecule has 3 N–H and O–H groups in total. The standard InChI is InChI=1S/C33H33ClF3N3O4S/c1-20-13-25(21-8-5-9-23(14-21)45(2,43)44)27(34)15-24(20)30-28(41)16-32(31(30)38)11-6-12-40(19-32)18-29(42)39-17-22-7-3-4-10-26(22)33(35,36)37/h3-5,7-10,13-15H,6,11-12,16-19,38H2,1-2H3,(H,39,42). The van der Waals surface area contributed by atoms with E-state index >= 15 is 0 Å². The Labute approximate surface area is 265 Å². The Morgan fingerprint density at radius 3 is 2.53 bits per heavy atom. The number of nitrogens with two attached hydrogens (primary N) is 1. The van der Waals surface area contributed by atoms with Crippen molar-refractivity contribution in [1.29, 1.82) is 0 Å².